The van der Waals surface area contributed by atoms with Crippen molar-refractivity contribution < 1.29 is 6.15 Å². The van der Waals surface area contributed by atoms with Gasteiger partial charge in [-0.05, 0) is 0 Å². The van der Waals surface area contributed by atoms with Gasteiger partial charge in [0.25, 0.3) is 0 Å². The molecule has 0 N–H and O–H groups in total. The predicted octanol–water partition coefficient (Wildman–Crippen LogP) is 8.04. The standard InChI is InChI=1S/2C9H12O.2C4H9.Sn/c2*1-6-4-5-9(10)8(3)7(6)2;2*1-3-4-2;/h2*4-5,10H,1-3H3;2*1,3-4H2,2H3;/q;;;;+2/p-2. The van der Waals surface area contributed by atoms with Crippen molar-refractivity contribution in [3.8, 4) is 11.5 Å². The Morgan fingerprint density at radius 1 is 0.586 bits per heavy atom. The zero-order valence-electron chi connectivity index (χ0n) is 19.9. The van der Waals surface area contributed by atoms with Gasteiger partial charge in [-0.15, -0.1) is 0 Å². The van der Waals surface area contributed by atoms with Crippen molar-refractivity contribution in [3.63, 3.8) is 0 Å². The summed E-state index contributed by atoms with van der Waals surface area (Å²) < 4.78 is 16.2. The first-order valence-corrected chi connectivity index (χ1v) is 17.6. The van der Waals surface area contributed by atoms with Crippen LogP contribution in [0, 0.1) is 41.5 Å². The van der Waals surface area contributed by atoms with E-state index in [1.54, 1.807) is 0 Å². The molecule has 0 aromatic heterocycles. The van der Waals surface area contributed by atoms with Crippen LogP contribution in [-0.2, 0) is 0 Å². The molecule has 2 rings (SSSR count). The van der Waals surface area contributed by atoms with Gasteiger partial charge < -0.3 is 0 Å². The van der Waals surface area contributed by atoms with Gasteiger partial charge in [-0.3, -0.25) is 0 Å². The van der Waals surface area contributed by atoms with Gasteiger partial charge in [-0.2, -0.15) is 0 Å². The molecule has 0 unspecified atom stereocenters. The molecule has 0 aliphatic rings. The number of aryl methyl sites for hydroxylation is 2. The fraction of sp³-hybridized carbons (Fsp3) is 0.538. The minimum absolute atomic E-state index is 1.04. The number of hydrogen-bond acceptors (Lipinski definition) is 2. The summed E-state index contributed by atoms with van der Waals surface area (Å²) in [4.78, 5) is 0. The Morgan fingerprint density at radius 2 is 0.966 bits per heavy atom. The van der Waals surface area contributed by atoms with Crippen LogP contribution in [0.3, 0.4) is 0 Å². The Morgan fingerprint density at radius 3 is 1.31 bits per heavy atom. The van der Waals surface area contributed by atoms with Crippen LogP contribution in [0.15, 0.2) is 24.3 Å². The van der Waals surface area contributed by atoms with Gasteiger partial charge in [-0.1, -0.05) is 0 Å². The molecule has 29 heavy (non-hydrogen) atoms. The average Bonchev–Trinajstić information content (AvgIpc) is 2.71. The van der Waals surface area contributed by atoms with E-state index in [1.807, 2.05) is 0 Å². The van der Waals surface area contributed by atoms with Crippen molar-refractivity contribution in [1.82, 2.24) is 0 Å². The van der Waals surface area contributed by atoms with Gasteiger partial charge >= 0.3 is 184 Å². The normalized spacial score (nSPS) is 11.6. The van der Waals surface area contributed by atoms with Crippen molar-refractivity contribution in [1.29, 1.82) is 0 Å². The second kappa shape index (κ2) is 10.7. The first-order chi connectivity index (χ1) is 13.7. The Balaban J connectivity index is 2.49. The quantitative estimate of drug-likeness (QED) is 0.306. The summed E-state index contributed by atoms with van der Waals surface area (Å²) in [6.07, 6.45) is 4.70. The van der Waals surface area contributed by atoms with E-state index in [1.165, 1.54) is 59.1 Å². The van der Waals surface area contributed by atoms with E-state index in [4.69, 9.17) is 6.15 Å². The van der Waals surface area contributed by atoms with E-state index in [0.29, 0.717) is 0 Å². The molecule has 0 fully saturated rings. The molecule has 0 atom stereocenters. The van der Waals surface area contributed by atoms with Crippen LogP contribution >= 0.6 is 0 Å². The number of benzene rings is 2. The van der Waals surface area contributed by atoms with Gasteiger partial charge in [0.1, 0.15) is 0 Å². The molecule has 0 aliphatic heterocycles. The molecule has 2 nitrogen and oxygen atoms in total. The summed E-state index contributed by atoms with van der Waals surface area (Å²) in [6, 6.07) is 8.71. The summed E-state index contributed by atoms with van der Waals surface area (Å²) in [6.45, 7) is 17.6. The van der Waals surface area contributed by atoms with Crippen LogP contribution in [0.1, 0.15) is 72.9 Å². The second-order valence-electron chi connectivity index (χ2n) is 8.58. The van der Waals surface area contributed by atoms with Gasteiger partial charge in [0, 0.05) is 0 Å². The summed E-state index contributed by atoms with van der Waals surface area (Å²) >= 11 is -3.40. The molecule has 0 radical (unpaired) electrons. The monoisotopic (exact) mass is 504 g/mol. The number of rotatable bonds is 10. The molecule has 0 heterocycles. The molecule has 0 bridgehead atoms. The molecule has 3 heteroatoms. The van der Waals surface area contributed by atoms with E-state index in [2.05, 4.69) is 79.7 Å². The van der Waals surface area contributed by atoms with Crippen LogP contribution in [0.4, 0.5) is 0 Å². The fourth-order valence-electron chi connectivity index (χ4n) is 3.73. The van der Waals surface area contributed by atoms with E-state index < -0.39 is 19.2 Å². The molecule has 0 spiro atoms. The average molecular weight is 503 g/mol. The molecular weight excluding hydrogens is 463 g/mol. The van der Waals surface area contributed by atoms with E-state index >= 15 is 0 Å². The summed E-state index contributed by atoms with van der Waals surface area (Å²) in [7, 11) is 0. The topological polar surface area (TPSA) is 18.5 Å². The summed E-state index contributed by atoms with van der Waals surface area (Å²) in [5.74, 6) is 2.08. The van der Waals surface area contributed by atoms with Crippen LogP contribution in [0.5, 0.6) is 11.5 Å². The Labute approximate surface area is 184 Å². The van der Waals surface area contributed by atoms with Crippen molar-refractivity contribution in [2.45, 2.75) is 89.9 Å². The zero-order valence-corrected chi connectivity index (χ0v) is 22.7. The van der Waals surface area contributed by atoms with Crippen LogP contribution in [0.25, 0.3) is 0 Å². The summed E-state index contributed by atoms with van der Waals surface area (Å²) in [5, 5.41) is 0. The van der Waals surface area contributed by atoms with Crippen LogP contribution in [0.2, 0.25) is 8.87 Å². The number of unbranched alkanes of at least 4 members (excludes halogenated alkanes) is 2. The van der Waals surface area contributed by atoms with Crippen molar-refractivity contribution in [3.05, 3.63) is 57.6 Å². The zero-order chi connectivity index (χ0) is 21.6. The third-order valence-electron chi connectivity index (χ3n) is 6.43. The molecule has 0 saturated heterocycles. The third kappa shape index (κ3) is 5.93. The van der Waals surface area contributed by atoms with E-state index in [9.17, 15) is 0 Å². The predicted molar refractivity (Wildman–Crippen MR) is 128 cm³/mol. The first kappa shape index (κ1) is 24.1. The van der Waals surface area contributed by atoms with Crippen molar-refractivity contribution in [2.24, 2.45) is 0 Å². The van der Waals surface area contributed by atoms with Gasteiger partial charge in [-0.25, -0.2) is 0 Å². The van der Waals surface area contributed by atoms with E-state index in [0.717, 1.165) is 20.4 Å². The molecular formula is C26H40O2Sn. The molecule has 0 amide bonds. The number of hydrogen-bond donors (Lipinski definition) is 0. The second-order valence-corrected chi connectivity index (χ2v) is 17.8. The molecule has 0 aliphatic carbocycles. The molecule has 160 valence electrons. The Hall–Kier alpha value is -1.16. The summed E-state index contributed by atoms with van der Waals surface area (Å²) in [5.41, 5.74) is 7.83. The van der Waals surface area contributed by atoms with Gasteiger partial charge in [0.05, 0.1) is 0 Å². The Kier molecular flexibility index (Phi) is 8.93. The first-order valence-electron chi connectivity index (χ1n) is 11.3. The fourth-order valence-corrected chi connectivity index (χ4v) is 14.4. The van der Waals surface area contributed by atoms with E-state index in [-0.39, 0.29) is 0 Å². The Bertz CT molecular complexity index is 756. The maximum atomic E-state index is 6.99. The third-order valence-corrected chi connectivity index (χ3v) is 16.2. The van der Waals surface area contributed by atoms with Crippen molar-refractivity contribution in [2.75, 3.05) is 0 Å². The minimum atomic E-state index is -3.40. The molecule has 2 aromatic carbocycles. The van der Waals surface area contributed by atoms with Gasteiger partial charge in [0.2, 0.25) is 0 Å². The van der Waals surface area contributed by atoms with Gasteiger partial charge in [0.15, 0.2) is 0 Å². The van der Waals surface area contributed by atoms with Crippen LogP contribution in [-0.4, -0.2) is 19.2 Å². The molecule has 2 aromatic rings. The SMILES string of the molecule is CCC[CH2][Sn]([CH2]CCC)([O]c1ccc(C)c(C)c1C)[O]c1ccc(C)c(C)c1C. The molecule has 0 saturated carbocycles. The van der Waals surface area contributed by atoms with Crippen molar-refractivity contribution >= 4 is 19.2 Å². The maximum absolute atomic E-state index is 6.99. The van der Waals surface area contributed by atoms with Crippen LogP contribution < -0.4 is 6.15 Å².